The predicted molar refractivity (Wildman–Crippen MR) is 111 cm³/mol. The highest BCUT2D eigenvalue weighted by Crippen LogP contribution is 2.36. The fourth-order valence-corrected chi connectivity index (χ4v) is 4.03. The minimum Gasteiger partial charge on any atom is -0.504 e. The summed E-state index contributed by atoms with van der Waals surface area (Å²) < 4.78 is 1.45. The maximum Gasteiger partial charge on any atom is 0.291 e. The molecule has 156 valence electrons. The van der Waals surface area contributed by atoms with Gasteiger partial charge in [0.25, 0.3) is 5.70 Å². The average molecular weight is 420 g/mol. The van der Waals surface area contributed by atoms with E-state index in [0.717, 1.165) is 12.2 Å². The SMILES string of the molecule is CCCCCCCCSc1nc2n(n1)C(c1ccc(O)c(O)c1)C([N+](=O)[O-])=CN2. The molecule has 0 amide bonds. The number of thioether (sulfide) groups is 1. The van der Waals surface area contributed by atoms with Crippen molar-refractivity contribution in [2.24, 2.45) is 0 Å². The van der Waals surface area contributed by atoms with Gasteiger partial charge in [0, 0.05) is 5.75 Å². The number of phenols is 2. The number of hydrogen-bond donors (Lipinski definition) is 3. The van der Waals surface area contributed by atoms with Crippen molar-refractivity contribution in [1.82, 2.24) is 14.8 Å². The van der Waals surface area contributed by atoms with E-state index in [9.17, 15) is 20.3 Å². The lowest BCUT2D eigenvalue weighted by Crippen LogP contribution is -2.25. The molecule has 9 nitrogen and oxygen atoms in total. The molecular weight excluding hydrogens is 394 g/mol. The van der Waals surface area contributed by atoms with Crippen LogP contribution in [0.15, 0.2) is 35.3 Å². The second-order valence-corrected chi connectivity index (χ2v) is 7.96. The summed E-state index contributed by atoms with van der Waals surface area (Å²) in [5.74, 6) is 0.653. The summed E-state index contributed by atoms with van der Waals surface area (Å²) >= 11 is 1.52. The van der Waals surface area contributed by atoms with Gasteiger partial charge in [-0.1, -0.05) is 56.9 Å². The standard InChI is InChI=1S/C19H25N5O4S/c1-2-3-4-5-6-7-10-29-19-21-18-20-12-14(24(27)28)17(23(18)22-19)13-8-9-15(25)16(26)11-13/h8-9,11-12,17,25-26H,2-7,10H2,1H3,(H,20,21,22). The number of unbranched alkanes of at least 4 members (excludes halogenated alkanes) is 5. The van der Waals surface area contributed by atoms with Crippen LogP contribution in [0.25, 0.3) is 0 Å². The lowest BCUT2D eigenvalue weighted by atomic mass is 10.0. The van der Waals surface area contributed by atoms with Crippen molar-refractivity contribution < 1.29 is 15.1 Å². The Morgan fingerprint density at radius 2 is 1.97 bits per heavy atom. The number of hydrogen-bond acceptors (Lipinski definition) is 8. The zero-order valence-electron chi connectivity index (χ0n) is 16.2. The van der Waals surface area contributed by atoms with Crippen LogP contribution in [0.5, 0.6) is 11.5 Å². The van der Waals surface area contributed by atoms with Gasteiger partial charge in [-0.05, 0) is 24.1 Å². The zero-order chi connectivity index (χ0) is 20.8. The van der Waals surface area contributed by atoms with Gasteiger partial charge in [-0.25, -0.2) is 4.68 Å². The second kappa shape index (κ2) is 9.64. The molecule has 0 saturated heterocycles. The fraction of sp³-hybridized carbons (Fsp3) is 0.474. The maximum atomic E-state index is 11.5. The molecule has 10 heteroatoms. The van der Waals surface area contributed by atoms with Crippen molar-refractivity contribution >= 4 is 17.7 Å². The fourth-order valence-electron chi connectivity index (χ4n) is 3.21. The van der Waals surface area contributed by atoms with Crippen molar-refractivity contribution in [3.8, 4) is 11.5 Å². The third-order valence-corrected chi connectivity index (χ3v) is 5.66. The molecule has 29 heavy (non-hydrogen) atoms. The molecule has 1 aliphatic rings. The first kappa shape index (κ1) is 21.0. The Hall–Kier alpha value is -2.75. The number of nitro groups is 1. The van der Waals surface area contributed by atoms with E-state index in [1.165, 1.54) is 72.9 Å². The van der Waals surface area contributed by atoms with Gasteiger partial charge >= 0.3 is 0 Å². The van der Waals surface area contributed by atoms with Crippen molar-refractivity contribution in [2.75, 3.05) is 11.1 Å². The van der Waals surface area contributed by atoms with Crippen LogP contribution >= 0.6 is 11.8 Å². The first-order chi connectivity index (χ1) is 14.0. The van der Waals surface area contributed by atoms with Crippen molar-refractivity contribution in [1.29, 1.82) is 0 Å². The molecule has 1 aromatic heterocycles. The Morgan fingerprint density at radius 3 is 2.69 bits per heavy atom. The lowest BCUT2D eigenvalue weighted by Gasteiger charge is -2.20. The lowest BCUT2D eigenvalue weighted by molar-refractivity contribution is -0.431. The topological polar surface area (TPSA) is 126 Å². The molecule has 2 aromatic rings. The zero-order valence-corrected chi connectivity index (χ0v) is 17.1. The molecule has 0 spiro atoms. The summed E-state index contributed by atoms with van der Waals surface area (Å²) in [6.07, 6.45) is 8.52. The molecule has 1 aliphatic heterocycles. The second-order valence-electron chi connectivity index (χ2n) is 6.90. The van der Waals surface area contributed by atoms with E-state index in [0.29, 0.717) is 16.7 Å². The summed E-state index contributed by atoms with van der Waals surface area (Å²) in [7, 11) is 0. The van der Waals surface area contributed by atoms with Crippen LogP contribution in [-0.4, -0.2) is 35.7 Å². The molecule has 2 heterocycles. The van der Waals surface area contributed by atoms with E-state index >= 15 is 0 Å². The van der Waals surface area contributed by atoms with Crippen molar-refractivity contribution in [2.45, 2.75) is 56.6 Å². The number of nitrogens with one attached hydrogen (secondary N) is 1. The largest absolute Gasteiger partial charge is 0.504 e. The summed E-state index contributed by atoms with van der Waals surface area (Å²) in [5.41, 5.74) is 0.309. The van der Waals surface area contributed by atoms with Crippen LogP contribution in [0.4, 0.5) is 5.95 Å². The van der Waals surface area contributed by atoms with E-state index in [2.05, 4.69) is 22.3 Å². The first-order valence-corrected chi connectivity index (χ1v) is 10.7. The molecule has 0 radical (unpaired) electrons. The van der Waals surface area contributed by atoms with E-state index < -0.39 is 11.0 Å². The molecular formula is C19H25N5O4S. The minimum atomic E-state index is -0.858. The van der Waals surface area contributed by atoms with Gasteiger partial charge in [0.1, 0.15) is 0 Å². The number of fused-ring (bicyclic) bond motifs is 1. The maximum absolute atomic E-state index is 11.5. The highest BCUT2D eigenvalue weighted by molar-refractivity contribution is 7.99. The summed E-state index contributed by atoms with van der Waals surface area (Å²) in [6.45, 7) is 2.20. The van der Waals surface area contributed by atoms with Crippen LogP contribution in [-0.2, 0) is 0 Å². The van der Waals surface area contributed by atoms with Crippen molar-refractivity contribution in [3.05, 3.63) is 45.8 Å². The minimum absolute atomic E-state index is 0.125. The first-order valence-electron chi connectivity index (χ1n) is 9.73. The Morgan fingerprint density at radius 1 is 1.21 bits per heavy atom. The Bertz CT molecular complexity index is 899. The number of phenolic OH excluding ortho intramolecular Hbond substituents is 2. The van der Waals surface area contributed by atoms with Crippen LogP contribution in [0, 0.1) is 10.1 Å². The van der Waals surface area contributed by atoms with Gasteiger partial charge in [0.15, 0.2) is 17.5 Å². The van der Waals surface area contributed by atoms with E-state index in [1.807, 2.05) is 0 Å². The number of anilines is 1. The number of rotatable bonds is 10. The van der Waals surface area contributed by atoms with Gasteiger partial charge in [-0.2, -0.15) is 4.98 Å². The monoisotopic (exact) mass is 419 g/mol. The van der Waals surface area contributed by atoms with Crippen LogP contribution in [0.3, 0.4) is 0 Å². The van der Waals surface area contributed by atoms with E-state index in [-0.39, 0.29) is 17.2 Å². The summed E-state index contributed by atoms with van der Waals surface area (Å²) in [4.78, 5) is 15.5. The Kier molecular flexibility index (Phi) is 6.97. The van der Waals surface area contributed by atoms with Gasteiger partial charge < -0.3 is 15.5 Å². The number of benzene rings is 1. The number of aromatic hydroxyl groups is 2. The highest BCUT2D eigenvalue weighted by Gasteiger charge is 2.35. The van der Waals surface area contributed by atoms with Crippen LogP contribution in [0.2, 0.25) is 0 Å². The number of aromatic nitrogens is 3. The third kappa shape index (κ3) is 5.00. The molecule has 1 unspecified atom stereocenters. The molecule has 0 aliphatic carbocycles. The predicted octanol–water partition coefficient (Wildman–Crippen LogP) is 4.27. The van der Waals surface area contributed by atoms with Crippen LogP contribution < -0.4 is 5.32 Å². The Balaban J connectivity index is 1.73. The average Bonchev–Trinajstić information content (AvgIpc) is 3.11. The molecule has 1 atom stereocenters. The highest BCUT2D eigenvalue weighted by atomic mass is 32.2. The van der Waals surface area contributed by atoms with Crippen molar-refractivity contribution in [3.63, 3.8) is 0 Å². The van der Waals surface area contributed by atoms with Gasteiger partial charge in [-0.3, -0.25) is 10.1 Å². The molecule has 0 bridgehead atoms. The summed E-state index contributed by atoms with van der Waals surface area (Å²) in [5, 5.41) is 38.8. The van der Waals surface area contributed by atoms with Gasteiger partial charge in [-0.15, -0.1) is 5.10 Å². The quantitative estimate of drug-likeness (QED) is 0.171. The molecule has 0 saturated carbocycles. The molecule has 0 fully saturated rings. The number of nitrogens with zero attached hydrogens (tertiary/aromatic N) is 4. The van der Waals surface area contributed by atoms with Gasteiger partial charge in [0.05, 0.1) is 11.1 Å². The molecule has 3 rings (SSSR count). The summed E-state index contributed by atoms with van der Waals surface area (Å²) in [6, 6.07) is 3.27. The van der Waals surface area contributed by atoms with Gasteiger partial charge in [0.2, 0.25) is 11.1 Å². The van der Waals surface area contributed by atoms with E-state index in [4.69, 9.17) is 0 Å². The van der Waals surface area contributed by atoms with E-state index in [1.54, 1.807) is 0 Å². The van der Waals surface area contributed by atoms with Crippen LogP contribution in [0.1, 0.15) is 57.1 Å². The Labute approximate surface area is 173 Å². The smallest absolute Gasteiger partial charge is 0.291 e. The molecule has 3 N–H and O–H groups in total. The normalized spacial score (nSPS) is 15.5. The number of allylic oxidation sites excluding steroid dienone is 1. The third-order valence-electron chi connectivity index (χ3n) is 4.74. The molecule has 1 aromatic carbocycles.